The number of hydrogen-bond acceptors (Lipinski definition) is 0. The first-order valence-electron chi connectivity index (χ1n) is 5.68. The van der Waals surface area contributed by atoms with Gasteiger partial charge < -0.3 is 0 Å². The average Bonchev–Trinajstić information content (AvgIpc) is 2.46. The van der Waals surface area contributed by atoms with Gasteiger partial charge in [0.15, 0.2) is 0 Å². The van der Waals surface area contributed by atoms with E-state index in [2.05, 4.69) is 0 Å². The first-order chi connectivity index (χ1) is 9.39. The van der Waals surface area contributed by atoms with Crippen molar-refractivity contribution in [2.45, 2.75) is 6.18 Å². The molecule has 0 N–H and O–H groups in total. The second-order valence-corrected chi connectivity index (χ2v) is 5.53. The molecule has 0 aliphatic carbocycles. The summed E-state index contributed by atoms with van der Waals surface area (Å²) in [4.78, 5) is 0. The smallest absolute Gasteiger partial charge is 0.166 e. The van der Waals surface area contributed by atoms with Crippen LogP contribution in [-0.4, -0.2) is 6.18 Å². The number of allylic oxidation sites excluding steroid dienone is 1. The Bertz CT molecular complexity index is 616. The van der Waals surface area contributed by atoms with Gasteiger partial charge in [-0.15, -0.1) is 0 Å². The molecule has 0 heterocycles. The van der Waals surface area contributed by atoms with Gasteiger partial charge in [0.2, 0.25) is 0 Å². The number of alkyl halides is 3. The average molecular weight is 409 g/mol. The van der Waals surface area contributed by atoms with E-state index >= 15 is 0 Å². The van der Waals surface area contributed by atoms with Crippen LogP contribution < -0.4 is 0 Å². The molecule has 2 aromatic carbocycles. The van der Waals surface area contributed by atoms with Crippen molar-refractivity contribution in [3.8, 4) is 11.1 Å². The third kappa shape index (κ3) is 3.55. The highest BCUT2D eigenvalue weighted by Gasteiger charge is 2.34. The van der Waals surface area contributed by atoms with E-state index in [-0.39, 0.29) is 5.03 Å². The van der Waals surface area contributed by atoms with Gasteiger partial charge in [0.25, 0.3) is 0 Å². The summed E-state index contributed by atoms with van der Waals surface area (Å²) in [5.74, 6) is 0. The van der Waals surface area contributed by atoms with E-state index in [4.69, 9.17) is 11.6 Å². The third-order valence-corrected chi connectivity index (χ3v) is 4.56. The summed E-state index contributed by atoms with van der Waals surface area (Å²) in [7, 11) is 0. The number of halogens is 5. The van der Waals surface area contributed by atoms with Crippen molar-refractivity contribution in [1.29, 1.82) is 0 Å². The van der Waals surface area contributed by atoms with E-state index in [1.165, 1.54) is 22.6 Å². The number of hydrogen-bond donors (Lipinski definition) is 0. The van der Waals surface area contributed by atoms with Crippen LogP contribution in [0.4, 0.5) is 13.2 Å². The molecule has 2 aromatic rings. The summed E-state index contributed by atoms with van der Waals surface area (Å²) in [5, 5.41) is -0.280. The van der Waals surface area contributed by atoms with Crippen LogP contribution in [0.25, 0.3) is 16.2 Å². The second kappa shape index (κ2) is 6.18. The van der Waals surface area contributed by atoms with Crippen molar-refractivity contribution in [3.05, 3.63) is 63.7 Å². The van der Waals surface area contributed by atoms with Crippen LogP contribution in [0, 0.1) is 0 Å². The zero-order chi connectivity index (χ0) is 14.8. The van der Waals surface area contributed by atoms with Crippen LogP contribution in [0.15, 0.2) is 58.2 Å². The van der Waals surface area contributed by atoms with Gasteiger partial charge in [-0.25, -0.2) is 0 Å². The van der Waals surface area contributed by atoms with E-state index < -0.39 is 9.76 Å². The molecule has 0 radical (unpaired) electrons. The van der Waals surface area contributed by atoms with E-state index in [1.807, 2.05) is 30.3 Å². The highest BCUT2D eigenvalue weighted by atomic mass is 127. The Labute approximate surface area is 133 Å². The zero-order valence-corrected chi connectivity index (χ0v) is 13.0. The van der Waals surface area contributed by atoms with Crippen LogP contribution in [0.3, 0.4) is 0 Å². The van der Waals surface area contributed by atoms with Gasteiger partial charge in [-0.05, 0) is 39.3 Å². The molecule has 20 heavy (non-hydrogen) atoms. The van der Waals surface area contributed by atoms with Crippen molar-refractivity contribution in [2.75, 3.05) is 0 Å². The molecular weight excluding hydrogens is 400 g/mol. The summed E-state index contributed by atoms with van der Waals surface area (Å²) in [5.41, 5.74) is 2.29. The van der Waals surface area contributed by atoms with E-state index in [1.54, 1.807) is 24.3 Å². The standard InChI is InChI=1S/C15H9ClF3I/c16-13(14(20)15(17,18)19)12-8-6-11(7-9-12)10-4-2-1-3-5-10/h1-9H/b14-13+. The van der Waals surface area contributed by atoms with Gasteiger partial charge >= 0.3 is 6.18 Å². The van der Waals surface area contributed by atoms with Crippen LogP contribution in [0.2, 0.25) is 0 Å². The van der Waals surface area contributed by atoms with E-state index in [9.17, 15) is 13.2 Å². The molecule has 0 fully saturated rings. The van der Waals surface area contributed by atoms with Gasteiger partial charge in [0.1, 0.15) is 3.58 Å². The summed E-state index contributed by atoms with van der Waals surface area (Å²) < 4.78 is 36.9. The van der Waals surface area contributed by atoms with Gasteiger partial charge in [0.05, 0.1) is 5.03 Å². The van der Waals surface area contributed by atoms with E-state index in [0.717, 1.165) is 11.1 Å². The molecule has 2 rings (SSSR count). The largest absolute Gasteiger partial charge is 0.423 e. The van der Waals surface area contributed by atoms with Crippen LogP contribution in [0.1, 0.15) is 5.56 Å². The van der Waals surface area contributed by atoms with Crippen LogP contribution in [-0.2, 0) is 0 Å². The molecule has 0 unspecified atom stereocenters. The Kier molecular flexibility index (Phi) is 4.75. The summed E-state index contributed by atoms with van der Waals surface area (Å²) in [6, 6.07) is 16.3. The lowest BCUT2D eigenvalue weighted by Crippen LogP contribution is -2.07. The minimum absolute atomic E-state index is 0.280. The lowest BCUT2D eigenvalue weighted by atomic mass is 10.0. The molecule has 0 aromatic heterocycles. The number of rotatable bonds is 2. The molecule has 0 saturated carbocycles. The molecule has 0 atom stereocenters. The highest BCUT2D eigenvalue weighted by Crippen LogP contribution is 2.39. The second-order valence-electron chi connectivity index (χ2n) is 4.07. The molecule has 0 nitrogen and oxygen atoms in total. The first-order valence-corrected chi connectivity index (χ1v) is 7.13. The lowest BCUT2D eigenvalue weighted by Gasteiger charge is -2.09. The monoisotopic (exact) mass is 408 g/mol. The minimum atomic E-state index is -4.42. The summed E-state index contributed by atoms with van der Waals surface area (Å²) in [6.07, 6.45) is -4.42. The fourth-order valence-corrected chi connectivity index (χ4v) is 2.24. The fraction of sp³-hybridized carbons (Fsp3) is 0.0667. The maximum absolute atomic E-state index is 12.6. The zero-order valence-electron chi connectivity index (χ0n) is 10.1. The Morgan fingerprint density at radius 2 is 1.35 bits per heavy atom. The van der Waals surface area contributed by atoms with Crippen molar-refractivity contribution in [1.82, 2.24) is 0 Å². The molecule has 0 amide bonds. The van der Waals surface area contributed by atoms with Gasteiger partial charge in [0, 0.05) is 0 Å². The molecular formula is C15H9ClF3I. The van der Waals surface area contributed by atoms with Crippen molar-refractivity contribution in [3.63, 3.8) is 0 Å². The quantitative estimate of drug-likeness (QED) is 0.515. The SMILES string of the molecule is FC(F)(F)/C(I)=C(\Cl)c1ccc(-c2ccccc2)cc1. The normalized spacial score (nSPS) is 13.1. The molecule has 104 valence electrons. The highest BCUT2D eigenvalue weighted by molar-refractivity contribution is 14.1. The lowest BCUT2D eigenvalue weighted by molar-refractivity contribution is -0.0810. The first kappa shape index (κ1) is 15.4. The molecule has 5 heteroatoms. The van der Waals surface area contributed by atoms with Crippen molar-refractivity contribution in [2.24, 2.45) is 0 Å². The van der Waals surface area contributed by atoms with Crippen LogP contribution >= 0.6 is 34.2 Å². The number of benzene rings is 2. The minimum Gasteiger partial charge on any atom is -0.166 e. The molecule has 0 aliphatic rings. The van der Waals surface area contributed by atoms with Gasteiger partial charge in [-0.3, -0.25) is 0 Å². The summed E-state index contributed by atoms with van der Waals surface area (Å²) in [6.45, 7) is 0. The fourth-order valence-electron chi connectivity index (χ4n) is 1.69. The van der Waals surface area contributed by atoms with Crippen LogP contribution in [0.5, 0.6) is 0 Å². The maximum Gasteiger partial charge on any atom is 0.423 e. The van der Waals surface area contributed by atoms with E-state index in [0.29, 0.717) is 5.56 Å². The molecule has 0 spiro atoms. The predicted molar refractivity (Wildman–Crippen MR) is 84.7 cm³/mol. The van der Waals surface area contributed by atoms with Gasteiger partial charge in [-0.1, -0.05) is 66.2 Å². The maximum atomic E-state index is 12.6. The summed E-state index contributed by atoms with van der Waals surface area (Å²) >= 11 is 7.01. The molecule has 0 aliphatic heterocycles. The topological polar surface area (TPSA) is 0 Å². The Balaban J connectivity index is 2.34. The predicted octanol–water partition coefficient (Wildman–Crippen LogP) is 6.26. The van der Waals surface area contributed by atoms with Crippen molar-refractivity contribution < 1.29 is 13.2 Å². The Morgan fingerprint density at radius 1 is 0.850 bits per heavy atom. The van der Waals surface area contributed by atoms with Crippen molar-refractivity contribution >= 4 is 39.2 Å². The van der Waals surface area contributed by atoms with Gasteiger partial charge in [-0.2, -0.15) is 13.2 Å². The third-order valence-electron chi connectivity index (χ3n) is 2.69. The molecule has 0 saturated heterocycles. The Morgan fingerprint density at radius 3 is 1.85 bits per heavy atom. The molecule has 0 bridgehead atoms. The Hall–Kier alpha value is -1.01.